The van der Waals surface area contributed by atoms with E-state index in [1.165, 1.54) is 40.7 Å². The van der Waals surface area contributed by atoms with Crippen LogP contribution in [0.1, 0.15) is 25.3 Å². The summed E-state index contributed by atoms with van der Waals surface area (Å²) in [6, 6.07) is 12.2. The van der Waals surface area contributed by atoms with Crippen molar-refractivity contribution in [3.05, 3.63) is 54.1 Å². The fourth-order valence-electron chi connectivity index (χ4n) is 2.31. The van der Waals surface area contributed by atoms with Crippen molar-refractivity contribution in [2.24, 2.45) is 0 Å². The number of anilines is 1. The van der Waals surface area contributed by atoms with Crippen LogP contribution in [0.3, 0.4) is 0 Å². The van der Waals surface area contributed by atoms with Crippen LogP contribution < -0.4 is 4.72 Å². The van der Waals surface area contributed by atoms with Crippen molar-refractivity contribution in [2.45, 2.75) is 36.5 Å². The molecule has 8 heteroatoms. The molecule has 0 aliphatic carbocycles. The quantitative estimate of drug-likeness (QED) is 0.743. The second kappa shape index (κ2) is 8.20. The van der Waals surface area contributed by atoms with E-state index in [4.69, 9.17) is 0 Å². The van der Waals surface area contributed by atoms with Crippen molar-refractivity contribution < 1.29 is 16.8 Å². The Labute approximate surface area is 156 Å². The topological polar surface area (TPSA) is 83.6 Å². The number of rotatable bonds is 8. The molecule has 0 amide bonds. The predicted molar refractivity (Wildman–Crippen MR) is 103 cm³/mol. The van der Waals surface area contributed by atoms with E-state index in [-0.39, 0.29) is 9.79 Å². The van der Waals surface area contributed by atoms with Gasteiger partial charge in [-0.1, -0.05) is 31.0 Å². The average Bonchev–Trinajstić information content (AvgIpc) is 2.60. The minimum atomic E-state index is -3.72. The Bertz CT molecular complexity index is 936. The molecule has 26 heavy (non-hydrogen) atoms. The molecule has 1 N–H and O–H groups in total. The Hall–Kier alpha value is -1.90. The highest BCUT2D eigenvalue weighted by Crippen LogP contribution is 2.20. The first-order chi connectivity index (χ1) is 12.2. The molecule has 0 aromatic heterocycles. The summed E-state index contributed by atoms with van der Waals surface area (Å²) in [5.74, 6) is 0. The van der Waals surface area contributed by atoms with E-state index in [0.29, 0.717) is 12.2 Å². The predicted octanol–water partition coefficient (Wildman–Crippen LogP) is 3.22. The van der Waals surface area contributed by atoms with Crippen LogP contribution in [0.5, 0.6) is 0 Å². The summed E-state index contributed by atoms with van der Waals surface area (Å²) in [4.78, 5) is 0.286. The number of nitrogens with one attached hydrogen (secondary N) is 1. The van der Waals surface area contributed by atoms with Gasteiger partial charge in [-0.05, 0) is 49.7 Å². The zero-order valence-corrected chi connectivity index (χ0v) is 16.8. The molecule has 2 aromatic carbocycles. The van der Waals surface area contributed by atoms with Crippen molar-refractivity contribution in [3.63, 3.8) is 0 Å². The third kappa shape index (κ3) is 4.84. The lowest BCUT2D eigenvalue weighted by Gasteiger charge is -2.17. The van der Waals surface area contributed by atoms with Gasteiger partial charge in [0.2, 0.25) is 10.0 Å². The second-order valence-corrected chi connectivity index (χ2v) is 9.85. The lowest BCUT2D eigenvalue weighted by atomic mass is 10.2. The van der Waals surface area contributed by atoms with Crippen molar-refractivity contribution >= 4 is 25.7 Å². The second-order valence-electron chi connectivity index (χ2n) is 6.12. The molecule has 0 heterocycles. The Morgan fingerprint density at radius 3 is 1.96 bits per heavy atom. The minimum absolute atomic E-state index is 0.134. The first-order valence-corrected chi connectivity index (χ1v) is 11.2. The molecule has 0 spiro atoms. The summed E-state index contributed by atoms with van der Waals surface area (Å²) in [6.07, 6.45) is 1.68. The SMILES string of the molecule is CCCCN(C)S(=O)(=O)c1ccc(NS(=O)(=O)c2ccc(C)cc2)cc1. The maximum absolute atomic E-state index is 12.5. The minimum Gasteiger partial charge on any atom is -0.280 e. The fraction of sp³-hybridized carbons (Fsp3) is 0.333. The van der Waals surface area contributed by atoms with Gasteiger partial charge in [0.25, 0.3) is 10.0 Å². The Balaban J connectivity index is 2.18. The van der Waals surface area contributed by atoms with E-state index < -0.39 is 20.0 Å². The van der Waals surface area contributed by atoms with Crippen LogP contribution in [0.2, 0.25) is 0 Å². The molecule has 0 aliphatic heterocycles. The molecular weight excluding hydrogens is 372 g/mol. The molecule has 0 saturated heterocycles. The molecule has 0 atom stereocenters. The molecule has 142 valence electrons. The van der Waals surface area contributed by atoms with E-state index in [9.17, 15) is 16.8 Å². The maximum Gasteiger partial charge on any atom is 0.261 e. The number of hydrogen-bond donors (Lipinski definition) is 1. The van der Waals surface area contributed by atoms with Crippen molar-refractivity contribution in [1.29, 1.82) is 0 Å². The first kappa shape index (κ1) is 20.4. The molecule has 2 rings (SSSR count). The average molecular weight is 397 g/mol. The summed E-state index contributed by atoms with van der Waals surface area (Å²) >= 11 is 0. The molecular formula is C18H24N2O4S2. The number of unbranched alkanes of at least 4 members (excludes halogenated alkanes) is 1. The number of hydrogen-bond acceptors (Lipinski definition) is 4. The smallest absolute Gasteiger partial charge is 0.261 e. The van der Waals surface area contributed by atoms with E-state index in [2.05, 4.69) is 4.72 Å². The lowest BCUT2D eigenvalue weighted by molar-refractivity contribution is 0.459. The van der Waals surface area contributed by atoms with Gasteiger partial charge in [-0.3, -0.25) is 4.72 Å². The highest BCUT2D eigenvalue weighted by Gasteiger charge is 2.20. The Kier molecular flexibility index (Phi) is 6.44. The van der Waals surface area contributed by atoms with E-state index in [1.807, 2.05) is 13.8 Å². The summed E-state index contributed by atoms with van der Waals surface area (Å²) in [5, 5.41) is 0. The van der Waals surface area contributed by atoms with Crippen LogP contribution in [-0.4, -0.2) is 34.7 Å². The van der Waals surface area contributed by atoms with Gasteiger partial charge in [0.05, 0.1) is 9.79 Å². The van der Waals surface area contributed by atoms with Gasteiger partial charge in [0.15, 0.2) is 0 Å². The fourth-order valence-corrected chi connectivity index (χ4v) is 4.58. The highest BCUT2D eigenvalue weighted by atomic mass is 32.2. The summed E-state index contributed by atoms with van der Waals surface area (Å²) in [7, 11) is -5.75. The monoisotopic (exact) mass is 396 g/mol. The standard InChI is InChI=1S/C18H24N2O4S2/c1-4-5-14-20(3)26(23,24)18-12-8-16(9-13-18)19-25(21,22)17-10-6-15(2)7-11-17/h6-13,19H,4-5,14H2,1-3H3. The van der Waals surface area contributed by atoms with E-state index in [0.717, 1.165) is 18.4 Å². The molecule has 0 saturated carbocycles. The molecule has 6 nitrogen and oxygen atoms in total. The normalized spacial score (nSPS) is 12.3. The molecule has 0 aliphatic rings. The van der Waals surface area contributed by atoms with Crippen LogP contribution in [0.15, 0.2) is 58.3 Å². The van der Waals surface area contributed by atoms with Gasteiger partial charge in [0, 0.05) is 19.3 Å². The summed E-state index contributed by atoms with van der Waals surface area (Å²) in [6.45, 7) is 4.32. The van der Waals surface area contributed by atoms with Crippen LogP contribution in [0, 0.1) is 6.92 Å². The third-order valence-electron chi connectivity index (χ3n) is 3.97. The summed E-state index contributed by atoms with van der Waals surface area (Å²) in [5.41, 5.74) is 1.27. The van der Waals surface area contributed by atoms with Crippen molar-refractivity contribution in [3.8, 4) is 0 Å². The highest BCUT2D eigenvalue weighted by molar-refractivity contribution is 7.92. The number of sulfonamides is 2. The number of nitrogens with zero attached hydrogens (tertiary/aromatic N) is 1. The maximum atomic E-state index is 12.5. The lowest BCUT2D eigenvalue weighted by Crippen LogP contribution is -2.27. The molecule has 0 bridgehead atoms. The van der Waals surface area contributed by atoms with E-state index in [1.54, 1.807) is 19.2 Å². The third-order valence-corrected chi connectivity index (χ3v) is 7.24. The first-order valence-electron chi connectivity index (χ1n) is 8.32. The van der Waals surface area contributed by atoms with Crippen LogP contribution in [-0.2, 0) is 20.0 Å². The summed E-state index contributed by atoms with van der Waals surface area (Å²) < 4.78 is 53.5. The van der Waals surface area contributed by atoms with Crippen LogP contribution in [0.4, 0.5) is 5.69 Å². The van der Waals surface area contributed by atoms with Crippen molar-refractivity contribution in [2.75, 3.05) is 18.3 Å². The van der Waals surface area contributed by atoms with Crippen molar-refractivity contribution in [1.82, 2.24) is 4.31 Å². The Morgan fingerprint density at radius 1 is 0.885 bits per heavy atom. The zero-order valence-electron chi connectivity index (χ0n) is 15.1. The van der Waals surface area contributed by atoms with Crippen LogP contribution >= 0.6 is 0 Å². The molecule has 0 unspecified atom stereocenters. The zero-order chi connectivity index (χ0) is 19.4. The van der Waals surface area contributed by atoms with Crippen LogP contribution in [0.25, 0.3) is 0 Å². The van der Waals surface area contributed by atoms with Gasteiger partial charge >= 0.3 is 0 Å². The number of aryl methyl sites for hydroxylation is 1. The van der Waals surface area contributed by atoms with Gasteiger partial charge in [-0.25, -0.2) is 21.1 Å². The van der Waals surface area contributed by atoms with Gasteiger partial charge in [-0.15, -0.1) is 0 Å². The van der Waals surface area contributed by atoms with E-state index >= 15 is 0 Å². The Morgan fingerprint density at radius 2 is 1.42 bits per heavy atom. The largest absolute Gasteiger partial charge is 0.280 e. The van der Waals surface area contributed by atoms with Gasteiger partial charge in [-0.2, -0.15) is 0 Å². The molecule has 2 aromatic rings. The molecule has 0 fully saturated rings. The van der Waals surface area contributed by atoms with Gasteiger partial charge in [0.1, 0.15) is 0 Å². The number of benzene rings is 2. The molecule has 0 radical (unpaired) electrons. The van der Waals surface area contributed by atoms with Gasteiger partial charge < -0.3 is 0 Å².